The Balaban J connectivity index is 0.000000438. The third-order valence-corrected chi connectivity index (χ3v) is 4.14. The van der Waals surface area contributed by atoms with Crippen LogP contribution in [0.4, 0.5) is 0 Å². The monoisotopic (exact) mass is 396 g/mol. The quantitative estimate of drug-likeness (QED) is 0.638. The van der Waals surface area contributed by atoms with Crippen molar-refractivity contribution >= 4 is 22.8 Å². The van der Waals surface area contributed by atoms with E-state index in [0.717, 1.165) is 23.2 Å². The fourth-order valence-corrected chi connectivity index (χ4v) is 2.72. The highest BCUT2D eigenvalue weighted by molar-refractivity contribution is 6.27. The van der Waals surface area contributed by atoms with Crippen molar-refractivity contribution in [1.82, 2.24) is 9.88 Å². The van der Waals surface area contributed by atoms with Crippen molar-refractivity contribution < 1.29 is 24.5 Å². The molecule has 0 unspecified atom stereocenters. The normalized spacial score (nSPS) is 10.3. The van der Waals surface area contributed by atoms with Crippen LogP contribution in [0.2, 0.25) is 0 Å². The van der Waals surface area contributed by atoms with Gasteiger partial charge in [0.15, 0.2) is 0 Å². The first-order chi connectivity index (χ1) is 13.8. The summed E-state index contributed by atoms with van der Waals surface area (Å²) in [5.41, 5.74) is 4.41. The lowest BCUT2D eigenvalue weighted by Gasteiger charge is -2.17. The van der Waals surface area contributed by atoms with Gasteiger partial charge in [-0.1, -0.05) is 48.5 Å². The van der Waals surface area contributed by atoms with E-state index >= 15 is 0 Å². The molecule has 152 valence electrons. The van der Waals surface area contributed by atoms with Crippen molar-refractivity contribution in [3.05, 3.63) is 60.2 Å². The molecule has 2 N–H and O–H groups in total. The number of benzene rings is 2. The molecule has 0 radical (unpaired) electrons. The predicted molar refractivity (Wildman–Crippen MR) is 111 cm³/mol. The van der Waals surface area contributed by atoms with Gasteiger partial charge in [0.25, 0.3) is 0 Å². The molecule has 29 heavy (non-hydrogen) atoms. The highest BCUT2D eigenvalue weighted by Crippen LogP contribution is 2.35. The minimum Gasteiger partial charge on any atom is -0.476 e. The third kappa shape index (κ3) is 6.02. The first-order valence-corrected chi connectivity index (χ1v) is 8.99. The Bertz CT molecular complexity index is 975. The molecular weight excluding hydrogens is 372 g/mol. The zero-order valence-electron chi connectivity index (χ0n) is 16.6. The number of ether oxygens (including phenoxy) is 1. The van der Waals surface area contributed by atoms with Gasteiger partial charge in [-0.25, -0.2) is 14.6 Å². The van der Waals surface area contributed by atoms with E-state index in [1.807, 2.05) is 44.4 Å². The smallest absolute Gasteiger partial charge is 0.414 e. The van der Waals surface area contributed by atoms with Gasteiger partial charge >= 0.3 is 11.9 Å². The number of aliphatic carboxylic acids is 2. The van der Waals surface area contributed by atoms with Gasteiger partial charge in [0, 0.05) is 17.5 Å². The SMILES string of the molecule is Cc1c(-c2ccccc2)c(OCCN(C)C)nc2ccccc12.O=C(O)C(=O)O. The van der Waals surface area contributed by atoms with Gasteiger partial charge in [-0.3, -0.25) is 0 Å². The number of aromatic nitrogens is 1. The molecule has 0 spiro atoms. The molecule has 0 saturated carbocycles. The maximum atomic E-state index is 9.10. The lowest BCUT2D eigenvalue weighted by molar-refractivity contribution is -0.159. The van der Waals surface area contributed by atoms with Crippen molar-refractivity contribution in [2.75, 3.05) is 27.2 Å². The number of hydrogen-bond acceptors (Lipinski definition) is 5. The highest BCUT2D eigenvalue weighted by Gasteiger charge is 2.15. The molecule has 0 fully saturated rings. The summed E-state index contributed by atoms with van der Waals surface area (Å²) in [6, 6.07) is 18.6. The largest absolute Gasteiger partial charge is 0.476 e. The van der Waals surface area contributed by atoms with Gasteiger partial charge in [-0.2, -0.15) is 0 Å². The highest BCUT2D eigenvalue weighted by atomic mass is 16.5. The summed E-state index contributed by atoms with van der Waals surface area (Å²) in [4.78, 5) is 25.1. The van der Waals surface area contributed by atoms with E-state index in [4.69, 9.17) is 29.5 Å². The Morgan fingerprint density at radius 2 is 1.55 bits per heavy atom. The zero-order valence-corrected chi connectivity index (χ0v) is 16.6. The van der Waals surface area contributed by atoms with Gasteiger partial charge in [0.1, 0.15) is 6.61 Å². The summed E-state index contributed by atoms with van der Waals surface area (Å²) < 4.78 is 6.04. The Labute approximate surface area is 169 Å². The van der Waals surface area contributed by atoms with Crippen LogP contribution in [-0.2, 0) is 9.59 Å². The number of fused-ring (bicyclic) bond motifs is 1. The molecule has 7 heteroatoms. The number of hydrogen-bond donors (Lipinski definition) is 2. The van der Waals surface area contributed by atoms with Crippen LogP contribution >= 0.6 is 0 Å². The topological polar surface area (TPSA) is 100.0 Å². The van der Waals surface area contributed by atoms with Crippen LogP contribution in [0.15, 0.2) is 54.6 Å². The summed E-state index contributed by atoms with van der Waals surface area (Å²) in [5.74, 6) is -2.93. The van der Waals surface area contributed by atoms with Crippen molar-refractivity contribution in [1.29, 1.82) is 0 Å². The third-order valence-electron chi connectivity index (χ3n) is 4.14. The van der Waals surface area contributed by atoms with Gasteiger partial charge < -0.3 is 19.8 Å². The molecule has 2 aromatic carbocycles. The Kier molecular flexibility index (Phi) is 7.68. The van der Waals surface area contributed by atoms with Crippen LogP contribution in [0.5, 0.6) is 5.88 Å². The molecule has 0 atom stereocenters. The molecule has 0 aliphatic carbocycles. The molecule has 0 amide bonds. The number of carbonyl (C=O) groups is 2. The number of pyridine rings is 1. The zero-order chi connectivity index (χ0) is 21.4. The molecule has 0 aliphatic rings. The maximum absolute atomic E-state index is 9.10. The van der Waals surface area contributed by atoms with Crippen LogP contribution < -0.4 is 4.74 Å². The van der Waals surface area contributed by atoms with Crippen LogP contribution in [0.1, 0.15) is 5.56 Å². The Hall–Kier alpha value is -3.45. The molecular formula is C22H24N2O5. The van der Waals surface area contributed by atoms with E-state index in [-0.39, 0.29) is 0 Å². The standard InChI is InChI=1S/C20H22N2O.C2H2O4/c1-15-17-11-7-8-12-18(17)21-20(23-14-13-22(2)3)19(15)16-9-5-4-6-10-16;3-1(4)2(5)6/h4-12H,13-14H2,1-3H3;(H,3,4)(H,5,6). The molecule has 1 heterocycles. The second-order valence-corrected chi connectivity index (χ2v) is 6.56. The summed E-state index contributed by atoms with van der Waals surface area (Å²) in [7, 11) is 4.08. The number of para-hydroxylation sites is 1. The number of nitrogens with zero attached hydrogens (tertiary/aromatic N) is 2. The summed E-state index contributed by atoms with van der Waals surface area (Å²) in [6.07, 6.45) is 0. The second kappa shape index (κ2) is 10.2. The van der Waals surface area contributed by atoms with E-state index in [1.165, 1.54) is 10.9 Å². The summed E-state index contributed by atoms with van der Waals surface area (Å²) in [5, 5.41) is 16.0. The Morgan fingerprint density at radius 1 is 0.966 bits per heavy atom. The minimum atomic E-state index is -1.82. The average molecular weight is 396 g/mol. The van der Waals surface area contributed by atoms with E-state index in [0.29, 0.717) is 12.5 Å². The predicted octanol–water partition coefficient (Wildman–Crippen LogP) is 3.31. The van der Waals surface area contributed by atoms with Gasteiger partial charge in [0.05, 0.1) is 5.52 Å². The first kappa shape index (κ1) is 21.8. The van der Waals surface area contributed by atoms with E-state index in [2.05, 4.69) is 36.1 Å². The van der Waals surface area contributed by atoms with Crippen LogP contribution in [0.3, 0.4) is 0 Å². The molecule has 1 aromatic heterocycles. The molecule has 0 bridgehead atoms. The van der Waals surface area contributed by atoms with Crippen molar-refractivity contribution in [3.8, 4) is 17.0 Å². The van der Waals surface area contributed by atoms with Gasteiger partial charge in [0.2, 0.25) is 5.88 Å². The van der Waals surface area contributed by atoms with Crippen LogP contribution in [-0.4, -0.2) is 59.3 Å². The van der Waals surface area contributed by atoms with Gasteiger partial charge in [-0.05, 0) is 38.2 Å². The molecule has 0 saturated heterocycles. The lowest BCUT2D eigenvalue weighted by Crippen LogP contribution is -2.20. The first-order valence-electron chi connectivity index (χ1n) is 8.99. The number of carboxylic acids is 2. The average Bonchev–Trinajstić information content (AvgIpc) is 2.69. The molecule has 3 rings (SSSR count). The van der Waals surface area contributed by atoms with Crippen LogP contribution in [0.25, 0.3) is 22.0 Å². The van der Waals surface area contributed by atoms with Crippen molar-refractivity contribution in [2.45, 2.75) is 6.92 Å². The van der Waals surface area contributed by atoms with Crippen molar-refractivity contribution in [2.24, 2.45) is 0 Å². The lowest BCUT2D eigenvalue weighted by atomic mass is 9.98. The molecule has 0 aliphatic heterocycles. The second-order valence-electron chi connectivity index (χ2n) is 6.56. The fraction of sp³-hybridized carbons (Fsp3) is 0.227. The summed E-state index contributed by atoms with van der Waals surface area (Å²) in [6.45, 7) is 3.63. The number of aryl methyl sites for hydroxylation is 1. The van der Waals surface area contributed by atoms with E-state index in [1.54, 1.807) is 0 Å². The number of rotatable bonds is 5. The molecule has 3 aromatic rings. The van der Waals surface area contributed by atoms with E-state index in [9.17, 15) is 0 Å². The summed E-state index contributed by atoms with van der Waals surface area (Å²) >= 11 is 0. The molecule has 7 nitrogen and oxygen atoms in total. The number of likely N-dealkylation sites (N-methyl/N-ethyl adjacent to an activating group) is 1. The maximum Gasteiger partial charge on any atom is 0.414 e. The van der Waals surface area contributed by atoms with E-state index < -0.39 is 11.9 Å². The number of carboxylic acid groups (broad SMARTS) is 2. The fourth-order valence-electron chi connectivity index (χ4n) is 2.72. The van der Waals surface area contributed by atoms with Crippen molar-refractivity contribution in [3.63, 3.8) is 0 Å². The van der Waals surface area contributed by atoms with Crippen LogP contribution in [0, 0.1) is 6.92 Å². The van der Waals surface area contributed by atoms with Gasteiger partial charge in [-0.15, -0.1) is 0 Å². The Morgan fingerprint density at radius 3 is 2.14 bits per heavy atom. The minimum absolute atomic E-state index is 0.623.